The molecule has 1 amide bonds. The number of hydrogen-bond donors (Lipinski definition) is 0. The topological polar surface area (TPSA) is 64.6 Å². The van der Waals surface area contributed by atoms with Crippen LogP contribution in [0.15, 0.2) is 30.1 Å². The summed E-state index contributed by atoms with van der Waals surface area (Å²) < 4.78 is 11.7. The summed E-state index contributed by atoms with van der Waals surface area (Å²) in [6, 6.07) is 2.22. The Bertz CT molecular complexity index is 671. The molecule has 1 aromatic heterocycles. The van der Waals surface area contributed by atoms with Gasteiger partial charge in [0.05, 0.1) is 19.7 Å². The first-order valence-electron chi connectivity index (χ1n) is 10.2. The Hall–Kier alpha value is -1.95. The molecule has 2 saturated heterocycles. The van der Waals surface area contributed by atoms with Crippen LogP contribution in [0, 0.1) is 5.92 Å². The number of carbonyl (C=O) groups excluding carboxylic acids is 1. The van der Waals surface area contributed by atoms with Gasteiger partial charge in [0.1, 0.15) is 5.60 Å². The molecule has 6 heteroatoms. The molecule has 1 spiro atoms. The molecule has 1 unspecified atom stereocenters. The summed E-state index contributed by atoms with van der Waals surface area (Å²) in [6.07, 6.45) is 14.0. The number of nitrogens with zero attached hydrogens (tertiary/aromatic N) is 3. The summed E-state index contributed by atoms with van der Waals surface area (Å²) in [6.45, 7) is 2.90. The molecule has 3 heterocycles. The van der Waals surface area contributed by atoms with E-state index in [0.29, 0.717) is 25.0 Å². The van der Waals surface area contributed by atoms with Crippen LogP contribution in [-0.4, -0.2) is 52.7 Å². The maximum absolute atomic E-state index is 12.5. The van der Waals surface area contributed by atoms with Crippen molar-refractivity contribution in [2.45, 2.75) is 57.0 Å². The number of carbonyl (C=O) groups is 1. The number of allylic oxidation sites excluding steroid dienone is 1. The van der Waals surface area contributed by atoms with Crippen LogP contribution in [0.25, 0.3) is 0 Å². The highest BCUT2D eigenvalue weighted by Crippen LogP contribution is 2.38. The monoisotopic (exact) mass is 371 g/mol. The zero-order valence-corrected chi connectivity index (χ0v) is 15.9. The van der Waals surface area contributed by atoms with E-state index in [1.165, 1.54) is 18.4 Å². The van der Waals surface area contributed by atoms with E-state index in [1.54, 1.807) is 18.5 Å². The summed E-state index contributed by atoms with van der Waals surface area (Å²) >= 11 is 0. The first-order chi connectivity index (χ1) is 13.2. The number of aromatic nitrogens is 2. The summed E-state index contributed by atoms with van der Waals surface area (Å²) in [5, 5.41) is 0. The average molecular weight is 371 g/mol. The maximum atomic E-state index is 12.5. The number of ether oxygens (including phenoxy) is 2. The standard InChI is InChI=1S/C21H29N3O3/c25-19(13-17-5-2-1-3-6-17)24-15-21(16-24)14-18(8-12-27-21)7-11-26-20-22-9-4-10-23-20/h4-5,9-10,18H,1-3,6-8,11-16H2. The smallest absolute Gasteiger partial charge is 0.316 e. The molecule has 2 fully saturated rings. The van der Waals surface area contributed by atoms with Crippen molar-refractivity contribution < 1.29 is 14.3 Å². The molecule has 2 aliphatic heterocycles. The third-order valence-corrected chi connectivity index (χ3v) is 5.97. The lowest BCUT2D eigenvalue weighted by Gasteiger charge is -2.53. The van der Waals surface area contributed by atoms with Crippen LogP contribution in [0.1, 0.15) is 51.4 Å². The maximum Gasteiger partial charge on any atom is 0.316 e. The van der Waals surface area contributed by atoms with Crippen molar-refractivity contribution >= 4 is 5.91 Å². The molecule has 0 bridgehead atoms. The van der Waals surface area contributed by atoms with Crippen molar-refractivity contribution in [2.75, 3.05) is 26.3 Å². The zero-order chi connectivity index (χ0) is 18.5. The van der Waals surface area contributed by atoms with E-state index in [4.69, 9.17) is 9.47 Å². The molecular weight excluding hydrogens is 342 g/mol. The molecule has 0 N–H and O–H groups in total. The minimum Gasteiger partial charge on any atom is -0.463 e. The largest absolute Gasteiger partial charge is 0.463 e. The quantitative estimate of drug-likeness (QED) is 0.719. The highest BCUT2D eigenvalue weighted by Gasteiger charge is 2.49. The molecule has 146 valence electrons. The van der Waals surface area contributed by atoms with E-state index in [-0.39, 0.29) is 11.5 Å². The van der Waals surface area contributed by atoms with Crippen molar-refractivity contribution in [1.82, 2.24) is 14.9 Å². The fourth-order valence-electron chi connectivity index (χ4n) is 4.47. The molecule has 0 saturated carbocycles. The average Bonchev–Trinajstić information content (AvgIpc) is 2.68. The second-order valence-corrected chi connectivity index (χ2v) is 8.09. The van der Waals surface area contributed by atoms with E-state index in [9.17, 15) is 4.79 Å². The summed E-state index contributed by atoms with van der Waals surface area (Å²) in [5.74, 6) is 0.838. The predicted octanol–water partition coefficient (Wildman–Crippen LogP) is 3.14. The Labute approximate surface area is 161 Å². The van der Waals surface area contributed by atoms with Gasteiger partial charge in [-0.1, -0.05) is 11.6 Å². The third kappa shape index (κ3) is 4.67. The van der Waals surface area contributed by atoms with Crippen molar-refractivity contribution in [1.29, 1.82) is 0 Å². The van der Waals surface area contributed by atoms with Crippen molar-refractivity contribution in [3.63, 3.8) is 0 Å². The lowest BCUT2D eigenvalue weighted by atomic mass is 9.79. The van der Waals surface area contributed by atoms with Gasteiger partial charge in [-0.05, 0) is 56.9 Å². The first-order valence-corrected chi connectivity index (χ1v) is 10.2. The van der Waals surface area contributed by atoms with Gasteiger partial charge in [-0.25, -0.2) is 9.97 Å². The zero-order valence-electron chi connectivity index (χ0n) is 15.9. The fourth-order valence-corrected chi connectivity index (χ4v) is 4.47. The summed E-state index contributed by atoms with van der Waals surface area (Å²) in [5.41, 5.74) is 1.21. The molecule has 0 radical (unpaired) electrons. The third-order valence-electron chi connectivity index (χ3n) is 5.97. The molecule has 3 aliphatic rings. The first kappa shape index (κ1) is 18.4. The van der Waals surface area contributed by atoms with E-state index in [2.05, 4.69) is 16.0 Å². The number of rotatable bonds is 6. The Balaban J connectivity index is 1.21. The van der Waals surface area contributed by atoms with E-state index >= 15 is 0 Å². The SMILES string of the molecule is O=C(CC1=CCCCC1)N1CC2(CC(CCOc3ncccn3)CCO2)C1. The number of amides is 1. The molecule has 0 aromatic carbocycles. The Morgan fingerprint density at radius 3 is 2.93 bits per heavy atom. The van der Waals surface area contributed by atoms with Gasteiger partial charge in [-0.2, -0.15) is 0 Å². The Morgan fingerprint density at radius 2 is 2.15 bits per heavy atom. The predicted molar refractivity (Wildman–Crippen MR) is 101 cm³/mol. The van der Waals surface area contributed by atoms with Crippen molar-refractivity contribution in [2.24, 2.45) is 5.92 Å². The van der Waals surface area contributed by atoms with Gasteiger partial charge in [0.25, 0.3) is 0 Å². The molecule has 6 nitrogen and oxygen atoms in total. The molecular formula is C21H29N3O3. The van der Waals surface area contributed by atoms with Gasteiger partial charge in [-0.3, -0.25) is 4.79 Å². The summed E-state index contributed by atoms with van der Waals surface area (Å²) in [4.78, 5) is 22.7. The van der Waals surface area contributed by atoms with Crippen LogP contribution < -0.4 is 4.74 Å². The summed E-state index contributed by atoms with van der Waals surface area (Å²) in [7, 11) is 0. The Morgan fingerprint density at radius 1 is 1.30 bits per heavy atom. The van der Waals surface area contributed by atoms with E-state index < -0.39 is 0 Å². The van der Waals surface area contributed by atoms with Crippen LogP contribution in [0.3, 0.4) is 0 Å². The highest BCUT2D eigenvalue weighted by molar-refractivity contribution is 5.80. The van der Waals surface area contributed by atoms with Crippen LogP contribution in [0.4, 0.5) is 0 Å². The van der Waals surface area contributed by atoms with Gasteiger partial charge in [0.2, 0.25) is 5.91 Å². The molecule has 1 atom stereocenters. The second-order valence-electron chi connectivity index (χ2n) is 8.09. The normalized spacial score (nSPS) is 24.2. The van der Waals surface area contributed by atoms with Crippen LogP contribution >= 0.6 is 0 Å². The van der Waals surface area contributed by atoms with Crippen LogP contribution in [0.5, 0.6) is 6.01 Å². The van der Waals surface area contributed by atoms with E-state index in [0.717, 1.165) is 51.8 Å². The van der Waals surface area contributed by atoms with E-state index in [1.807, 2.05) is 4.90 Å². The Kier molecular flexibility index (Phi) is 5.72. The number of hydrogen-bond acceptors (Lipinski definition) is 5. The van der Waals surface area contributed by atoms with Gasteiger partial charge < -0.3 is 14.4 Å². The van der Waals surface area contributed by atoms with Gasteiger partial charge >= 0.3 is 6.01 Å². The second kappa shape index (κ2) is 8.38. The minimum absolute atomic E-state index is 0.122. The van der Waals surface area contributed by atoms with Crippen molar-refractivity contribution in [3.05, 3.63) is 30.1 Å². The van der Waals surface area contributed by atoms with Gasteiger partial charge in [-0.15, -0.1) is 0 Å². The van der Waals surface area contributed by atoms with Gasteiger partial charge in [0.15, 0.2) is 0 Å². The van der Waals surface area contributed by atoms with Crippen LogP contribution in [0.2, 0.25) is 0 Å². The lowest BCUT2D eigenvalue weighted by molar-refractivity contribution is -0.188. The lowest BCUT2D eigenvalue weighted by Crippen LogP contribution is -2.66. The molecule has 1 aromatic rings. The fraction of sp³-hybridized carbons (Fsp3) is 0.667. The minimum atomic E-state index is -0.122. The molecule has 1 aliphatic carbocycles. The van der Waals surface area contributed by atoms with Crippen LogP contribution in [-0.2, 0) is 9.53 Å². The van der Waals surface area contributed by atoms with Gasteiger partial charge in [0, 0.05) is 25.4 Å². The number of likely N-dealkylation sites (tertiary alicyclic amines) is 1. The molecule has 4 rings (SSSR count). The highest BCUT2D eigenvalue weighted by atomic mass is 16.5. The molecule has 27 heavy (non-hydrogen) atoms. The van der Waals surface area contributed by atoms with Crippen molar-refractivity contribution in [3.8, 4) is 6.01 Å².